The zero-order valence-corrected chi connectivity index (χ0v) is 9.78. The number of para-hydroxylation sites is 1. The highest BCUT2D eigenvalue weighted by atomic mass is 35.5. The molecule has 6 heteroatoms. The van der Waals surface area contributed by atoms with Crippen molar-refractivity contribution in [3.05, 3.63) is 28.8 Å². The second-order valence-corrected chi connectivity index (χ2v) is 3.92. The molecule has 0 bridgehead atoms. The summed E-state index contributed by atoms with van der Waals surface area (Å²) < 4.78 is 38.0. The molecule has 0 aromatic heterocycles. The van der Waals surface area contributed by atoms with E-state index in [0.29, 0.717) is 19.4 Å². The summed E-state index contributed by atoms with van der Waals surface area (Å²) in [5.41, 5.74) is -0.867. The molecule has 0 unspecified atom stereocenters. The number of nitrogens with one attached hydrogen (secondary N) is 1. The van der Waals surface area contributed by atoms with Crippen molar-refractivity contribution in [1.82, 2.24) is 0 Å². The second-order valence-electron chi connectivity index (χ2n) is 3.52. The fourth-order valence-electron chi connectivity index (χ4n) is 1.39. The maximum atomic E-state index is 12.7. The molecule has 0 aliphatic rings. The second kappa shape index (κ2) is 6.12. The van der Waals surface area contributed by atoms with Gasteiger partial charge in [-0.1, -0.05) is 17.7 Å². The summed E-state index contributed by atoms with van der Waals surface area (Å²) in [6.45, 7) is 0.365. The van der Waals surface area contributed by atoms with Gasteiger partial charge < -0.3 is 10.4 Å². The molecule has 0 atom stereocenters. The number of benzene rings is 1. The Labute approximate surface area is 102 Å². The standard InChI is InChI=1S/C11H13ClF3NO/c12-9-5-3-4-8(11(13,14)15)10(9)16-6-1-2-7-17/h3-5,16-17H,1-2,6-7H2. The van der Waals surface area contributed by atoms with Gasteiger partial charge in [-0.3, -0.25) is 0 Å². The molecule has 1 aromatic rings. The lowest BCUT2D eigenvalue weighted by Gasteiger charge is -2.15. The minimum atomic E-state index is -4.43. The summed E-state index contributed by atoms with van der Waals surface area (Å²) in [6.07, 6.45) is -3.30. The van der Waals surface area contributed by atoms with E-state index in [2.05, 4.69) is 5.32 Å². The highest BCUT2D eigenvalue weighted by Gasteiger charge is 2.34. The van der Waals surface area contributed by atoms with Gasteiger partial charge in [0.05, 0.1) is 16.3 Å². The summed E-state index contributed by atoms with van der Waals surface area (Å²) in [6, 6.07) is 3.66. The Hall–Kier alpha value is -0.940. The van der Waals surface area contributed by atoms with Gasteiger partial charge >= 0.3 is 6.18 Å². The normalized spacial score (nSPS) is 11.6. The first-order valence-corrected chi connectivity index (χ1v) is 5.55. The molecule has 2 nitrogen and oxygen atoms in total. The third kappa shape index (κ3) is 4.09. The van der Waals surface area contributed by atoms with Crippen molar-refractivity contribution in [3.8, 4) is 0 Å². The van der Waals surface area contributed by atoms with Crippen molar-refractivity contribution in [2.75, 3.05) is 18.5 Å². The predicted molar refractivity (Wildman–Crippen MR) is 61.3 cm³/mol. The smallest absolute Gasteiger partial charge is 0.396 e. The monoisotopic (exact) mass is 267 g/mol. The van der Waals surface area contributed by atoms with Crippen LogP contribution in [0.2, 0.25) is 5.02 Å². The molecular weight excluding hydrogens is 255 g/mol. The summed E-state index contributed by atoms with van der Waals surface area (Å²) in [5.74, 6) is 0. The van der Waals surface area contributed by atoms with Gasteiger partial charge in [-0.2, -0.15) is 13.2 Å². The molecule has 0 amide bonds. The number of rotatable bonds is 5. The van der Waals surface area contributed by atoms with Crippen LogP contribution in [0.25, 0.3) is 0 Å². The lowest BCUT2D eigenvalue weighted by atomic mass is 10.1. The van der Waals surface area contributed by atoms with Gasteiger partial charge in [0.15, 0.2) is 0 Å². The number of halogens is 4. The summed E-state index contributed by atoms with van der Waals surface area (Å²) in [5, 5.41) is 11.3. The Bertz CT molecular complexity index is 368. The van der Waals surface area contributed by atoms with Crippen LogP contribution in [0.15, 0.2) is 18.2 Å². The van der Waals surface area contributed by atoms with Crippen LogP contribution in [-0.4, -0.2) is 18.3 Å². The van der Waals surface area contributed by atoms with E-state index < -0.39 is 11.7 Å². The largest absolute Gasteiger partial charge is 0.418 e. The van der Waals surface area contributed by atoms with Crippen molar-refractivity contribution < 1.29 is 18.3 Å². The fourth-order valence-corrected chi connectivity index (χ4v) is 1.63. The van der Waals surface area contributed by atoms with Gasteiger partial charge in [-0.25, -0.2) is 0 Å². The van der Waals surface area contributed by atoms with Crippen LogP contribution in [0, 0.1) is 0 Å². The van der Waals surface area contributed by atoms with Gasteiger partial charge in [0.1, 0.15) is 0 Å². The lowest BCUT2D eigenvalue weighted by Crippen LogP contribution is -2.12. The third-order valence-corrected chi connectivity index (χ3v) is 2.52. The first kappa shape index (κ1) is 14.1. The van der Waals surface area contributed by atoms with E-state index in [-0.39, 0.29) is 17.3 Å². The number of aliphatic hydroxyl groups is 1. The Morgan fingerprint density at radius 1 is 1.24 bits per heavy atom. The van der Waals surface area contributed by atoms with Crippen LogP contribution in [-0.2, 0) is 6.18 Å². The van der Waals surface area contributed by atoms with E-state index >= 15 is 0 Å². The minimum absolute atomic E-state index is 0.0241. The minimum Gasteiger partial charge on any atom is -0.396 e. The predicted octanol–water partition coefficient (Wildman–Crippen LogP) is 3.54. The first-order valence-electron chi connectivity index (χ1n) is 5.17. The van der Waals surface area contributed by atoms with E-state index in [0.717, 1.165) is 6.07 Å². The van der Waals surface area contributed by atoms with Crippen molar-refractivity contribution in [1.29, 1.82) is 0 Å². The fraction of sp³-hybridized carbons (Fsp3) is 0.455. The molecule has 0 saturated heterocycles. The summed E-state index contributed by atoms with van der Waals surface area (Å²) in [4.78, 5) is 0. The Kier molecular flexibility index (Phi) is 5.08. The summed E-state index contributed by atoms with van der Waals surface area (Å²) in [7, 11) is 0. The van der Waals surface area contributed by atoms with Gasteiger partial charge in [0, 0.05) is 13.2 Å². The van der Waals surface area contributed by atoms with Crippen LogP contribution >= 0.6 is 11.6 Å². The third-order valence-electron chi connectivity index (χ3n) is 2.21. The molecular formula is C11H13ClF3NO. The maximum Gasteiger partial charge on any atom is 0.418 e. The molecule has 0 aliphatic carbocycles. The van der Waals surface area contributed by atoms with Gasteiger partial charge in [0.25, 0.3) is 0 Å². The molecule has 0 saturated carbocycles. The molecule has 0 aliphatic heterocycles. The Morgan fingerprint density at radius 2 is 1.94 bits per heavy atom. The van der Waals surface area contributed by atoms with Crippen LogP contribution in [0.5, 0.6) is 0 Å². The van der Waals surface area contributed by atoms with Crippen LogP contribution < -0.4 is 5.32 Å². The van der Waals surface area contributed by atoms with E-state index in [1.807, 2.05) is 0 Å². The van der Waals surface area contributed by atoms with Crippen LogP contribution in [0.3, 0.4) is 0 Å². The number of anilines is 1. The average Bonchev–Trinajstić information content (AvgIpc) is 2.24. The lowest BCUT2D eigenvalue weighted by molar-refractivity contribution is -0.136. The quantitative estimate of drug-likeness (QED) is 0.800. The van der Waals surface area contributed by atoms with E-state index in [4.69, 9.17) is 16.7 Å². The van der Waals surface area contributed by atoms with Gasteiger partial charge in [-0.05, 0) is 25.0 Å². The molecule has 96 valence electrons. The van der Waals surface area contributed by atoms with E-state index in [1.54, 1.807) is 0 Å². The molecule has 0 radical (unpaired) electrons. The number of unbranched alkanes of at least 4 members (excludes halogenated alkanes) is 1. The highest BCUT2D eigenvalue weighted by Crippen LogP contribution is 2.38. The summed E-state index contributed by atoms with van der Waals surface area (Å²) >= 11 is 5.74. The Morgan fingerprint density at radius 3 is 2.53 bits per heavy atom. The number of alkyl halides is 3. The molecule has 0 spiro atoms. The Balaban J connectivity index is 2.81. The molecule has 0 fully saturated rings. The highest BCUT2D eigenvalue weighted by molar-refractivity contribution is 6.33. The van der Waals surface area contributed by atoms with Crippen LogP contribution in [0.4, 0.5) is 18.9 Å². The van der Waals surface area contributed by atoms with Crippen molar-refractivity contribution >= 4 is 17.3 Å². The van der Waals surface area contributed by atoms with Crippen molar-refractivity contribution in [2.24, 2.45) is 0 Å². The average molecular weight is 268 g/mol. The van der Waals surface area contributed by atoms with Gasteiger partial charge in [-0.15, -0.1) is 0 Å². The number of hydrogen-bond donors (Lipinski definition) is 2. The molecule has 17 heavy (non-hydrogen) atoms. The van der Waals surface area contributed by atoms with Gasteiger partial charge in [0.2, 0.25) is 0 Å². The number of aliphatic hydroxyl groups excluding tert-OH is 1. The maximum absolute atomic E-state index is 12.7. The molecule has 1 aromatic carbocycles. The first-order chi connectivity index (χ1) is 7.96. The van der Waals surface area contributed by atoms with E-state index in [1.165, 1.54) is 12.1 Å². The zero-order chi connectivity index (χ0) is 12.9. The number of hydrogen-bond acceptors (Lipinski definition) is 2. The molecule has 2 N–H and O–H groups in total. The molecule has 0 heterocycles. The molecule has 1 rings (SSSR count). The SMILES string of the molecule is OCCCCNc1c(Cl)cccc1C(F)(F)F. The van der Waals surface area contributed by atoms with Crippen molar-refractivity contribution in [2.45, 2.75) is 19.0 Å². The van der Waals surface area contributed by atoms with Crippen LogP contribution in [0.1, 0.15) is 18.4 Å². The zero-order valence-electron chi connectivity index (χ0n) is 9.02. The topological polar surface area (TPSA) is 32.3 Å². The van der Waals surface area contributed by atoms with E-state index in [9.17, 15) is 13.2 Å². The van der Waals surface area contributed by atoms with Crippen molar-refractivity contribution in [3.63, 3.8) is 0 Å².